The Morgan fingerprint density at radius 2 is 2.14 bits per heavy atom. The molecule has 1 fully saturated rings. The minimum atomic E-state index is 0.631. The van der Waals surface area contributed by atoms with Crippen LogP contribution in [-0.2, 0) is 4.74 Å². The number of morpholine rings is 1. The third-order valence-corrected chi connectivity index (χ3v) is 4.56. The standard InChI is InChI=1S/C14H16N6OS/c15-17-12-9-14(19-3-5-21-6-4-19)20-13(16-12)8-10(18-20)11-2-1-7-22-11/h1-2,7-9H,3-6,15H2,(H,16,17). The van der Waals surface area contributed by atoms with Crippen LogP contribution in [0.15, 0.2) is 29.6 Å². The lowest BCUT2D eigenvalue weighted by molar-refractivity contribution is 0.122. The lowest BCUT2D eigenvalue weighted by Crippen LogP contribution is -2.37. The number of thiophene rings is 1. The first-order valence-corrected chi connectivity index (χ1v) is 7.97. The van der Waals surface area contributed by atoms with E-state index < -0.39 is 0 Å². The van der Waals surface area contributed by atoms with Gasteiger partial charge in [-0.15, -0.1) is 11.3 Å². The number of ether oxygens (including phenoxy) is 1. The van der Waals surface area contributed by atoms with Gasteiger partial charge in [0.2, 0.25) is 0 Å². The van der Waals surface area contributed by atoms with Crippen molar-refractivity contribution in [2.45, 2.75) is 0 Å². The largest absolute Gasteiger partial charge is 0.378 e. The summed E-state index contributed by atoms with van der Waals surface area (Å²) in [5.41, 5.74) is 4.34. The minimum absolute atomic E-state index is 0.631. The summed E-state index contributed by atoms with van der Waals surface area (Å²) in [4.78, 5) is 7.86. The highest BCUT2D eigenvalue weighted by atomic mass is 32.1. The Hall–Kier alpha value is -2.16. The Morgan fingerprint density at radius 3 is 2.86 bits per heavy atom. The van der Waals surface area contributed by atoms with Crippen LogP contribution in [0.25, 0.3) is 16.2 Å². The predicted molar refractivity (Wildman–Crippen MR) is 87.1 cm³/mol. The zero-order chi connectivity index (χ0) is 14.9. The van der Waals surface area contributed by atoms with Crippen molar-refractivity contribution in [3.05, 3.63) is 29.6 Å². The fraction of sp³-hybridized carbons (Fsp3) is 0.286. The van der Waals surface area contributed by atoms with Gasteiger partial charge in [-0.1, -0.05) is 6.07 Å². The number of anilines is 2. The Bertz CT molecular complexity index is 778. The molecule has 0 radical (unpaired) electrons. The summed E-state index contributed by atoms with van der Waals surface area (Å²) >= 11 is 1.67. The van der Waals surface area contributed by atoms with Crippen molar-refractivity contribution in [3.63, 3.8) is 0 Å². The van der Waals surface area contributed by atoms with Crippen LogP contribution in [0.4, 0.5) is 11.6 Å². The molecule has 3 N–H and O–H groups in total. The average Bonchev–Trinajstić information content (AvgIpc) is 3.23. The van der Waals surface area contributed by atoms with Crippen molar-refractivity contribution in [2.24, 2.45) is 5.84 Å². The summed E-state index contributed by atoms with van der Waals surface area (Å²) in [5, 5.41) is 6.76. The molecule has 0 amide bonds. The zero-order valence-corrected chi connectivity index (χ0v) is 12.7. The van der Waals surface area contributed by atoms with Crippen LogP contribution in [0, 0.1) is 0 Å². The molecule has 114 valence electrons. The van der Waals surface area contributed by atoms with Gasteiger partial charge in [0.05, 0.1) is 18.1 Å². The maximum absolute atomic E-state index is 5.56. The Balaban J connectivity index is 1.86. The molecular weight excluding hydrogens is 300 g/mol. The minimum Gasteiger partial charge on any atom is -0.378 e. The number of nitrogens with one attached hydrogen (secondary N) is 1. The quantitative estimate of drug-likeness (QED) is 0.564. The molecule has 1 aliphatic heterocycles. The van der Waals surface area contributed by atoms with Crippen molar-refractivity contribution >= 4 is 28.6 Å². The van der Waals surface area contributed by atoms with E-state index in [0.717, 1.165) is 35.1 Å². The highest BCUT2D eigenvalue weighted by molar-refractivity contribution is 7.13. The first-order chi connectivity index (χ1) is 10.8. The lowest BCUT2D eigenvalue weighted by atomic mass is 10.3. The molecule has 1 aliphatic rings. The molecule has 0 bridgehead atoms. The van der Waals surface area contributed by atoms with E-state index in [0.29, 0.717) is 19.0 Å². The number of nitrogens with two attached hydrogens (primary N) is 1. The van der Waals surface area contributed by atoms with E-state index in [1.165, 1.54) is 0 Å². The first-order valence-electron chi connectivity index (χ1n) is 7.09. The summed E-state index contributed by atoms with van der Waals surface area (Å²) in [5.74, 6) is 7.16. The van der Waals surface area contributed by atoms with E-state index in [9.17, 15) is 0 Å². The summed E-state index contributed by atoms with van der Waals surface area (Å²) in [6.45, 7) is 3.09. The van der Waals surface area contributed by atoms with Crippen molar-refractivity contribution in [1.82, 2.24) is 14.6 Å². The SMILES string of the molecule is NNc1cc(N2CCOCC2)n2nc(-c3cccs3)cc2n1. The van der Waals surface area contributed by atoms with Crippen LogP contribution in [0.3, 0.4) is 0 Å². The van der Waals surface area contributed by atoms with Crippen LogP contribution < -0.4 is 16.2 Å². The summed E-state index contributed by atoms with van der Waals surface area (Å²) in [6, 6.07) is 7.98. The Kier molecular flexibility index (Phi) is 3.41. The summed E-state index contributed by atoms with van der Waals surface area (Å²) < 4.78 is 7.30. The summed E-state index contributed by atoms with van der Waals surface area (Å²) in [7, 11) is 0. The molecule has 4 rings (SSSR count). The van der Waals surface area contributed by atoms with Crippen molar-refractivity contribution in [3.8, 4) is 10.6 Å². The Labute approximate surface area is 131 Å². The number of hydrogen-bond donors (Lipinski definition) is 2. The molecule has 1 saturated heterocycles. The molecule has 0 saturated carbocycles. The normalized spacial score (nSPS) is 15.4. The van der Waals surface area contributed by atoms with Crippen LogP contribution in [0.2, 0.25) is 0 Å². The molecule has 22 heavy (non-hydrogen) atoms. The summed E-state index contributed by atoms with van der Waals surface area (Å²) in [6.07, 6.45) is 0. The van der Waals surface area contributed by atoms with Crippen LogP contribution in [0.5, 0.6) is 0 Å². The topological polar surface area (TPSA) is 80.7 Å². The van der Waals surface area contributed by atoms with Gasteiger partial charge in [-0.05, 0) is 11.4 Å². The zero-order valence-electron chi connectivity index (χ0n) is 11.9. The molecule has 8 heteroatoms. The Morgan fingerprint density at radius 1 is 1.27 bits per heavy atom. The molecule has 3 aromatic heterocycles. The van der Waals surface area contributed by atoms with Crippen molar-refractivity contribution in [1.29, 1.82) is 0 Å². The monoisotopic (exact) mass is 316 g/mol. The number of hydrogen-bond acceptors (Lipinski definition) is 7. The third-order valence-electron chi connectivity index (χ3n) is 3.66. The van der Waals surface area contributed by atoms with E-state index in [4.69, 9.17) is 15.7 Å². The van der Waals surface area contributed by atoms with Crippen LogP contribution in [-0.4, -0.2) is 40.9 Å². The van der Waals surface area contributed by atoms with Gasteiger partial charge >= 0.3 is 0 Å². The van der Waals surface area contributed by atoms with Crippen molar-refractivity contribution < 1.29 is 4.74 Å². The average molecular weight is 316 g/mol. The highest BCUT2D eigenvalue weighted by Gasteiger charge is 2.18. The van der Waals surface area contributed by atoms with Gasteiger partial charge in [0.1, 0.15) is 17.3 Å². The molecule has 3 aromatic rings. The molecule has 4 heterocycles. The lowest BCUT2D eigenvalue weighted by Gasteiger charge is -2.29. The number of rotatable bonds is 3. The smallest absolute Gasteiger partial charge is 0.160 e. The number of fused-ring (bicyclic) bond motifs is 1. The van der Waals surface area contributed by atoms with Gasteiger partial charge in [-0.2, -0.15) is 9.61 Å². The second-order valence-electron chi connectivity index (χ2n) is 5.02. The van der Waals surface area contributed by atoms with Gasteiger partial charge in [0.15, 0.2) is 5.65 Å². The second-order valence-corrected chi connectivity index (χ2v) is 5.97. The number of nitrogens with zero attached hydrogens (tertiary/aromatic N) is 4. The van der Waals surface area contributed by atoms with E-state index in [2.05, 4.69) is 21.4 Å². The first kappa shape index (κ1) is 13.5. The number of aromatic nitrogens is 3. The molecule has 0 atom stereocenters. The van der Waals surface area contributed by atoms with Gasteiger partial charge < -0.3 is 15.1 Å². The maximum atomic E-state index is 5.56. The van der Waals surface area contributed by atoms with Crippen LogP contribution >= 0.6 is 11.3 Å². The molecule has 7 nitrogen and oxygen atoms in total. The van der Waals surface area contributed by atoms with Crippen molar-refractivity contribution in [2.75, 3.05) is 36.6 Å². The van der Waals surface area contributed by atoms with Gasteiger partial charge in [0, 0.05) is 25.2 Å². The second kappa shape index (κ2) is 5.56. The fourth-order valence-corrected chi connectivity index (χ4v) is 3.28. The molecule has 0 aromatic carbocycles. The maximum Gasteiger partial charge on any atom is 0.160 e. The third kappa shape index (κ3) is 2.31. The van der Waals surface area contributed by atoms with E-state index in [-0.39, 0.29) is 0 Å². The van der Waals surface area contributed by atoms with Gasteiger partial charge in [0.25, 0.3) is 0 Å². The van der Waals surface area contributed by atoms with E-state index in [1.54, 1.807) is 11.3 Å². The fourth-order valence-electron chi connectivity index (χ4n) is 2.59. The highest BCUT2D eigenvalue weighted by Crippen LogP contribution is 2.27. The predicted octanol–water partition coefficient (Wildman–Crippen LogP) is 1.58. The van der Waals surface area contributed by atoms with Crippen LogP contribution in [0.1, 0.15) is 0 Å². The van der Waals surface area contributed by atoms with Gasteiger partial charge in [-0.3, -0.25) is 0 Å². The van der Waals surface area contributed by atoms with E-state index in [1.807, 2.05) is 28.1 Å². The molecule has 0 unspecified atom stereocenters. The van der Waals surface area contributed by atoms with Gasteiger partial charge in [-0.25, -0.2) is 10.8 Å². The van der Waals surface area contributed by atoms with E-state index >= 15 is 0 Å². The molecule has 0 spiro atoms. The number of nitrogen functional groups attached to an aromatic ring is 1. The molecule has 0 aliphatic carbocycles. The number of hydrazine groups is 1. The molecular formula is C14H16N6OS.